The highest BCUT2D eigenvalue weighted by molar-refractivity contribution is 4.58. The highest BCUT2D eigenvalue weighted by Crippen LogP contribution is 2.04. The van der Waals surface area contributed by atoms with Gasteiger partial charge < -0.3 is 28.4 Å². The average Bonchev–Trinajstić information content (AvgIpc) is 2.70. The molecule has 0 N–H and O–H groups in total. The maximum Gasteiger partial charge on any atom is 0.0781 e. The van der Waals surface area contributed by atoms with Crippen molar-refractivity contribution in [1.82, 2.24) is 0 Å². The molecule has 0 bridgehead atoms. The van der Waals surface area contributed by atoms with Crippen molar-refractivity contribution >= 4 is 0 Å². The maximum atomic E-state index is 5.84. The second-order valence-corrected chi connectivity index (χ2v) is 8.04. The van der Waals surface area contributed by atoms with Crippen LogP contribution in [-0.4, -0.2) is 76.8 Å². The predicted octanol–water partition coefficient (Wildman–Crippen LogP) is 4.63. The van der Waals surface area contributed by atoms with Gasteiger partial charge in [0.1, 0.15) is 0 Å². The lowest BCUT2D eigenvalue weighted by Crippen LogP contribution is -2.29. The van der Waals surface area contributed by atoms with Gasteiger partial charge in [-0.3, -0.25) is 0 Å². The fourth-order valence-electron chi connectivity index (χ4n) is 2.36. The number of unbranched alkanes of at least 4 members (excludes halogenated alkanes) is 2. The Hall–Kier alpha value is -0.240. The molecule has 0 rings (SSSR count). The molecule has 5 atom stereocenters. The van der Waals surface area contributed by atoms with Gasteiger partial charge in [-0.05, 0) is 47.5 Å². The van der Waals surface area contributed by atoms with Crippen molar-refractivity contribution in [2.45, 2.75) is 105 Å². The van der Waals surface area contributed by atoms with Crippen LogP contribution in [0, 0.1) is 0 Å². The smallest absolute Gasteiger partial charge is 0.0781 e. The monoisotopic (exact) mass is 420 g/mol. The van der Waals surface area contributed by atoms with E-state index >= 15 is 0 Å². The van der Waals surface area contributed by atoms with Gasteiger partial charge in [-0.1, -0.05) is 26.7 Å². The Kier molecular flexibility index (Phi) is 19.5. The van der Waals surface area contributed by atoms with Crippen LogP contribution in [-0.2, 0) is 28.4 Å². The molecule has 5 unspecified atom stereocenters. The van der Waals surface area contributed by atoms with Crippen LogP contribution in [0.3, 0.4) is 0 Å². The summed E-state index contributed by atoms with van der Waals surface area (Å²) < 4.78 is 34.5. The van der Waals surface area contributed by atoms with Crippen molar-refractivity contribution in [3.8, 4) is 0 Å². The zero-order chi connectivity index (χ0) is 21.9. The third-order valence-electron chi connectivity index (χ3n) is 4.36. The molecule has 0 aliphatic rings. The van der Waals surface area contributed by atoms with Gasteiger partial charge in [-0.25, -0.2) is 0 Å². The van der Waals surface area contributed by atoms with Crippen LogP contribution in [0.1, 0.15) is 74.1 Å². The molecule has 0 saturated carbocycles. The molecule has 0 aromatic rings. The van der Waals surface area contributed by atoms with E-state index in [0.717, 1.165) is 38.9 Å². The second kappa shape index (κ2) is 19.7. The van der Waals surface area contributed by atoms with Crippen LogP contribution in [0.4, 0.5) is 0 Å². The maximum absolute atomic E-state index is 5.84. The van der Waals surface area contributed by atoms with Gasteiger partial charge >= 0.3 is 0 Å². The minimum absolute atomic E-state index is 0.0107. The number of rotatable bonds is 21. The molecule has 0 saturated heterocycles. The van der Waals surface area contributed by atoms with E-state index in [2.05, 4.69) is 13.8 Å². The summed E-state index contributed by atoms with van der Waals surface area (Å²) in [5, 5.41) is 0. The summed E-state index contributed by atoms with van der Waals surface area (Å²) in [5.74, 6) is 0. The first-order valence-corrected chi connectivity index (χ1v) is 11.5. The summed E-state index contributed by atoms with van der Waals surface area (Å²) in [6.45, 7) is 18.9. The van der Waals surface area contributed by atoms with Crippen LogP contribution in [0.5, 0.6) is 0 Å². The van der Waals surface area contributed by atoms with Gasteiger partial charge in [0.15, 0.2) is 0 Å². The predicted molar refractivity (Wildman–Crippen MR) is 118 cm³/mol. The Morgan fingerprint density at radius 1 is 0.448 bits per heavy atom. The molecular weight excluding hydrogens is 372 g/mol. The molecule has 0 aliphatic heterocycles. The lowest BCUT2D eigenvalue weighted by molar-refractivity contribution is -0.0994. The Morgan fingerprint density at radius 2 is 0.793 bits per heavy atom. The first-order chi connectivity index (χ1) is 13.9. The molecule has 0 aromatic carbocycles. The van der Waals surface area contributed by atoms with Crippen molar-refractivity contribution in [1.29, 1.82) is 0 Å². The topological polar surface area (TPSA) is 55.4 Å². The molecule has 0 amide bonds. The van der Waals surface area contributed by atoms with Gasteiger partial charge in [0.25, 0.3) is 0 Å². The van der Waals surface area contributed by atoms with Crippen molar-refractivity contribution in [3.05, 3.63) is 0 Å². The van der Waals surface area contributed by atoms with Crippen LogP contribution in [0.2, 0.25) is 0 Å². The van der Waals surface area contributed by atoms with Crippen LogP contribution in [0.25, 0.3) is 0 Å². The van der Waals surface area contributed by atoms with E-state index in [1.54, 1.807) is 0 Å². The molecule has 6 heteroatoms. The van der Waals surface area contributed by atoms with E-state index in [-0.39, 0.29) is 30.5 Å². The van der Waals surface area contributed by atoms with E-state index in [9.17, 15) is 0 Å². The van der Waals surface area contributed by atoms with Gasteiger partial charge in [-0.15, -0.1) is 0 Å². The van der Waals surface area contributed by atoms with Crippen LogP contribution >= 0.6 is 0 Å². The van der Waals surface area contributed by atoms with Gasteiger partial charge in [0.2, 0.25) is 0 Å². The van der Waals surface area contributed by atoms with Gasteiger partial charge in [-0.2, -0.15) is 0 Å². The van der Waals surface area contributed by atoms with Crippen molar-refractivity contribution in [2.75, 3.05) is 46.2 Å². The third-order valence-corrected chi connectivity index (χ3v) is 4.36. The van der Waals surface area contributed by atoms with Crippen molar-refractivity contribution < 1.29 is 28.4 Å². The molecular formula is C23H48O6. The summed E-state index contributed by atoms with van der Waals surface area (Å²) in [6.07, 6.45) is 4.75. The molecule has 0 radical (unpaired) electrons. The standard InChI is InChI=1S/C23H48O6/c1-8-10-12-24-14-19(3)26-16-21(5)28-18-23(7)29-17-22(6)27-15-20(4)25-13-11-9-2/h19-23H,8-18H2,1-7H3. The SMILES string of the molecule is CCCCOCC(C)OCC(C)OCC(C)OCC(C)OCC(C)OCCCC. The number of ether oxygens (including phenoxy) is 6. The molecule has 0 heterocycles. The molecule has 176 valence electrons. The Morgan fingerprint density at radius 3 is 1.21 bits per heavy atom. The molecule has 0 aromatic heterocycles. The molecule has 0 fully saturated rings. The summed E-state index contributed by atoms with van der Waals surface area (Å²) in [5.41, 5.74) is 0. The normalized spacial score (nSPS) is 17.1. The van der Waals surface area contributed by atoms with Crippen molar-refractivity contribution in [3.63, 3.8) is 0 Å². The first kappa shape index (κ1) is 28.8. The quantitative estimate of drug-likeness (QED) is 0.252. The Balaban J connectivity index is 3.69. The highest BCUT2D eigenvalue weighted by Gasteiger charge is 2.12. The van der Waals surface area contributed by atoms with Gasteiger partial charge in [0, 0.05) is 13.2 Å². The molecule has 0 aliphatic carbocycles. The van der Waals surface area contributed by atoms with Crippen molar-refractivity contribution in [2.24, 2.45) is 0 Å². The van der Waals surface area contributed by atoms with Crippen LogP contribution in [0.15, 0.2) is 0 Å². The lowest BCUT2D eigenvalue weighted by atomic mass is 10.3. The third kappa shape index (κ3) is 19.5. The fraction of sp³-hybridized carbons (Fsp3) is 1.00. The minimum atomic E-state index is 0.0107. The zero-order valence-electron chi connectivity index (χ0n) is 20.1. The van der Waals surface area contributed by atoms with Crippen LogP contribution < -0.4 is 0 Å². The number of hydrogen-bond acceptors (Lipinski definition) is 6. The summed E-state index contributed by atoms with van der Waals surface area (Å²) in [7, 11) is 0. The molecule has 0 spiro atoms. The van der Waals surface area contributed by atoms with E-state index in [4.69, 9.17) is 28.4 Å². The number of hydrogen-bond donors (Lipinski definition) is 0. The van der Waals surface area contributed by atoms with E-state index < -0.39 is 0 Å². The molecule has 29 heavy (non-hydrogen) atoms. The Bertz CT molecular complexity index is 341. The zero-order valence-corrected chi connectivity index (χ0v) is 20.1. The Labute approximate surface area is 179 Å². The van der Waals surface area contributed by atoms with Gasteiger partial charge in [0.05, 0.1) is 63.6 Å². The van der Waals surface area contributed by atoms with E-state index in [0.29, 0.717) is 33.0 Å². The largest absolute Gasteiger partial charge is 0.379 e. The summed E-state index contributed by atoms with van der Waals surface area (Å²) in [4.78, 5) is 0. The molecule has 6 nitrogen and oxygen atoms in total. The van der Waals surface area contributed by atoms with E-state index in [1.807, 2.05) is 34.6 Å². The second-order valence-electron chi connectivity index (χ2n) is 8.04. The van der Waals surface area contributed by atoms with E-state index in [1.165, 1.54) is 0 Å². The lowest BCUT2D eigenvalue weighted by Gasteiger charge is -2.22. The minimum Gasteiger partial charge on any atom is -0.379 e. The first-order valence-electron chi connectivity index (χ1n) is 11.5. The highest BCUT2D eigenvalue weighted by atomic mass is 16.6. The average molecular weight is 421 g/mol. The summed E-state index contributed by atoms with van der Waals surface area (Å²) in [6, 6.07) is 0. The fourth-order valence-corrected chi connectivity index (χ4v) is 2.36. The summed E-state index contributed by atoms with van der Waals surface area (Å²) >= 11 is 0.